The van der Waals surface area contributed by atoms with Crippen LogP contribution in [0.15, 0.2) is 48.5 Å². The van der Waals surface area contributed by atoms with E-state index in [2.05, 4.69) is 10.6 Å². The van der Waals surface area contributed by atoms with Gasteiger partial charge in [-0.25, -0.2) is 0 Å². The molecule has 2 amide bonds. The molecule has 124 valence electrons. The average molecular weight is 324 g/mol. The Hall–Kier alpha value is -2.82. The van der Waals surface area contributed by atoms with Gasteiger partial charge in [-0.3, -0.25) is 9.59 Å². The van der Waals surface area contributed by atoms with Crippen molar-refractivity contribution in [3.05, 3.63) is 59.7 Å². The molecule has 1 heterocycles. The van der Waals surface area contributed by atoms with Crippen molar-refractivity contribution in [2.45, 2.75) is 25.8 Å². The number of fused-ring (bicyclic) bond motifs is 1. The number of rotatable bonds is 5. The smallest absolute Gasteiger partial charge is 0.258 e. The Bertz CT molecular complexity index is 769. The highest BCUT2D eigenvalue weighted by molar-refractivity contribution is 6.05. The first kappa shape index (κ1) is 16.1. The second-order valence-electron chi connectivity index (χ2n) is 6.34. The van der Waals surface area contributed by atoms with Crippen LogP contribution in [0.1, 0.15) is 25.0 Å². The third kappa shape index (κ3) is 3.25. The van der Waals surface area contributed by atoms with Crippen molar-refractivity contribution in [1.29, 1.82) is 0 Å². The molecule has 5 heteroatoms. The summed E-state index contributed by atoms with van der Waals surface area (Å²) in [7, 11) is 0. The largest absolute Gasteiger partial charge is 0.484 e. The third-order valence-electron chi connectivity index (χ3n) is 4.18. The molecular formula is C19H20N2O3. The van der Waals surface area contributed by atoms with Crippen LogP contribution in [-0.2, 0) is 21.5 Å². The van der Waals surface area contributed by atoms with E-state index in [1.54, 1.807) is 12.1 Å². The fourth-order valence-corrected chi connectivity index (χ4v) is 2.65. The molecule has 0 unspecified atom stereocenters. The van der Waals surface area contributed by atoms with Crippen molar-refractivity contribution in [2.75, 3.05) is 11.9 Å². The molecule has 0 saturated heterocycles. The third-order valence-corrected chi connectivity index (χ3v) is 4.18. The molecule has 1 aliphatic rings. The van der Waals surface area contributed by atoms with E-state index in [0.29, 0.717) is 12.3 Å². The second kappa shape index (κ2) is 6.35. The molecule has 0 saturated carbocycles. The zero-order valence-corrected chi connectivity index (χ0v) is 13.8. The SMILES string of the molecule is CC1(C)C(=O)Nc2ccc(CNC(=O)COc3ccccc3)cc21. The van der Waals surface area contributed by atoms with E-state index in [4.69, 9.17) is 4.74 Å². The van der Waals surface area contributed by atoms with Gasteiger partial charge >= 0.3 is 0 Å². The number of ether oxygens (including phenoxy) is 1. The van der Waals surface area contributed by atoms with Gasteiger partial charge in [0, 0.05) is 12.2 Å². The summed E-state index contributed by atoms with van der Waals surface area (Å²) >= 11 is 0. The molecule has 0 fully saturated rings. The maximum absolute atomic E-state index is 12.0. The highest BCUT2D eigenvalue weighted by Gasteiger charge is 2.38. The molecule has 24 heavy (non-hydrogen) atoms. The van der Waals surface area contributed by atoms with E-state index >= 15 is 0 Å². The summed E-state index contributed by atoms with van der Waals surface area (Å²) in [6.07, 6.45) is 0. The monoisotopic (exact) mass is 324 g/mol. The van der Waals surface area contributed by atoms with Crippen LogP contribution in [0.5, 0.6) is 5.75 Å². The van der Waals surface area contributed by atoms with Crippen LogP contribution < -0.4 is 15.4 Å². The maximum atomic E-state index is 12.0. The summed E-state index contributed by atoms with van der Waals surface area (Å²) in [6.45, 7) is 4.16. The Labute approximate surface area is 141 Å². The molecule has 1 aliphatic heterocycles. The van der Waals surface area contributed by atoms with Crippen molar-refractivity contribution in [1.82, 2.24) is 5.32 Å². The molecule has 0 bridgehead atoms. The summed E-state index contributed by atoms with van der Waals surface area (Å²) in [4.78, 5) is 23.9. The Balaban J connectivity index is 1.57. The van der Waals surface area contributed by atoms with Gasteiger partial charge in [0.1, 0.15) is 5.75 Å². The van der Waals surface area contributed by atoms with Crippen molar-refractivity contribution in [3.63, 3.8) is 0 Å². The van der Waals surface area contributed by atoms with E-state index in [1.807, 2.05) is 50.2 Å². The Morgan fingerprint density at radius 2 is 1.92 bits per heavy atom. The first-order chi connectivity index (χ1) is 11.5. The van der Waals surface area contributed by atoms with Gasteiger partial charge in [0.15, 0.2) is 6.61 Å². The standard InChI is InChI=1S/C19H20N2O3/c1-19(2)15-10-13(8-9-16(15)21-18(19)23)11-20-17(22)12-24-14-6-4-3-5-7-14/h3-10H,11-12H2,1-2H3,(H,20,22)(H,21,23). The Morgan fingerprint density at radius 3 is 2.67 bits per heavy atom. The Morgan fingerprint density at radius 1 is 1.17 bits per heavy atom. The number of carbonyl (C=O) groups is 2. The fraction of sp³-hybridized carbons (Fsp3) is 0.263. The molecule has 2 aromatic rings. The number of amides is 2. The number of hydrogen-bond acceptors (Lipinski definition) is 3. The molecular weight excluding hydrogens is 304 g/mol. The normalized spacial score (nSPS) is 14.7. The molecule has 0 spiro atoms. The van der Waals surface area contributed by atoms with Crippen LogP contribution in [0.3, 0.4) is 0 Å². The predicted molar refractivity (Wildman–Crippen MR) is 91.9 cm³/mol. The van der Waals surface area contributed by atoms with Gasteiger partial charge in [0.05, 0.1) is 5.41 Å². The first-order valence-electron chi connectivity index (χ1n) is 7.86. The van der Waals surface area contributed by atoms with Crippen LogP contribution in [0.4, 0.5) is 5.69 Å². The molecule has 0 atom stereocenters. The minimum atomic E-state index is -0.550. The lowest BCUT2D eigenvalue weighted by molar-refractivity contribution is -0.123. The number of anilines is 1. The lowest BCUT2D eigenvalue weighted by Crippen LogP contribution is -2.29. The number of nitrogens with one attached hydrogen (secondary N) is 2. The van der Waals surface area contributed by atoms with Gasteiger partial charge in [-0.15, -0.1) is 0 Å². The van der Waals surface area contributed by atoms with E-state index in [0.717, 1.165) is 16.8 Å². The second-order valence-corrected chi connectivity index (χ2v) is 6.34. The topological polar surface area (TPSA) is 67.4 Å². The van der Waals surface area contributed by atoms with Crippen LogP contribution >= 0.6 is 0 Å². The Kier molecular flexibility index (Phi) is 4.25. The fourth-order valence-electron chi connectivity index (χ4n) is 2.65. The maximum Gasteiger partial charge on any atom is 0.258 e. The van der Waals surface area contributed by atoms with Gasteiger partial charge in [0.25, 0.3) is 5.91 Å². The van der Waals surface area contributed by atoms with Crippen molar-refractivity contribution in [3.8, 4) is 5.75 Å². The molecule has 5 nitrogen and oxygen atoms in total. The van der Waals surface area contributed by atoms with E-state index in [9.17, 15) is 9.59 Å². The highest BCUT2D eigenvalue weighted by atomic mass is 16.5. The number of benzene rings is 2. The van der Waals surface area contributed by atoms with E-state index in [-0.39, 0.29) is 18.4 Å². The van der Waals surface area contributed by atoms with Crippen LogP contribution in [0.25, 0.3) is 0 Å². The van der Waals surface area contributed by atoms with Crippen molar-refractivity contribution in [2.24, 2.45) is 0 Å². The number of hydrogen-bond donors (Lipinski definition) is 2. The minimum absolute atomic E-state index is 0.00468. The van der Waals surface area contributed by atoms with Gasteiger partial charge in [0.2, 0.25) is 5.91 Å². The van der Waals surface area contributed by atoms with E-state index < -0.39 is 5.41 Å². The lowest BCUT2D eigenvalue weighted by Gasteiger charge is -2.16. The van der Waals surface area contributed by atoms with Gasteiger partial charge < -0.3 is 15.4 Å². The predicted octanol–water partition coefficient (Wildman–Crippen LogP) is 2.61. The van der Waals surface area contributed by atoms with E-state index in [1.165, 1.54) is 0 Å². The summed E-state index contributed by atoms with van der Waals surface area (Å²) < 4.78 is 5.41. The van der Waals surface area contributed by atoms with Crippen LogP contribution in [0, 0.1) is 0 Å². The molecule has 0 aromatic heterocycles. The van der Waals surface area contributed by atoms with Crippen molar-refractivity contribution < 1.29 is 14.3 Å². The van der Waals surface area contributed by atoms with Crippen LogP contribution in [0.2, 0.25) is 0 Å². The zero-order chi connectivity index (χ0) is 17.2. The molecule has 2 N–H and O–H groups in total. The number of para-hydroxylation sites is 1. The van der Waals surface area contributed by atoms with Crippen molar-refractivity contribution >= 4 is 17.5 Å². The highest BCUT2D eigenvalue weighted by Crippen LogP contribution is 2.37. The quantitative estimate of drug-likeness (QED) is 0.888. The number of carbonyl (C=O) groups excluding carboxylic acids is 2. The zero-order valence-electron chi connectivity index (χ0n) is 13.8. The van der Waals surface area contributed by atoms with Crippen LogP contribution in [-0.4, -0.2) is 18.4 Å². The van der Waals surface area contributed by atoms with Gasteiger partial charge in [-0.2, -0.15) is 0 Å². The summed E-state index contributed by atoms with van der Waals surface area (Å²) in [5, 5.41) is 5.70. The molecule has 3 rings (SSSR count). The average Bonchev–Trinajstić information content (AvgIpc) is 2.81. The first-order valence-corrected chi connectivity index (χ1v) is 7.86. The van der Waals surface area contributed by atoms with Gasteiger partial charge in [-0.1, -0.05) is 30.3 Å². The molecule has 0 aliphatic carbocycles. The van der Waals surface area contributed by atoms with Gasteiger partial charge in [-0.05, 0) is 43.2 Å². The summed E-state index contributed by atoms with van der Waals surface area (Å²) in [5.74, 6) is 0.472. The summed E-state index contributed by atoms with van der Waals surface area (Å²) in [6, 6.07) is 15.0. The molecule has 2 aromatic carbocycles. The summed E-state index contributed by atoms with van der Waals surface area (Å²) in [5.41, 5.74) is 2.20. The molecule has 0 radical (unpaired) electrons. The lowest BCUT2D eigenvalue weighted by atomic mass is 9.85. The minimum Gasteiger partial charge on any atom is -0.484 e.